The number of ketones is 1. The molecule has 0 saturated heterocycles. The smallest absolute Gasteiger partial charge is 0.135 e. The molecule has 0 amide bonds. The van der Waals surface area contributed by atoms with Crippen molar-refractivity contribution in [3.8, 4) is 0 Å². The second-order valence-corrected chi connectivity index (χ2v) is 8.09. The van der Waals surface area contributed by atoms with Crippen molar-refractivity contribution < 1.29 is 13.9 Å². The average molecular weight is 341 g/mol. The van der Waals surface area contributed by atoms with Gasteiger partial charge < -0.3 is 4.74 Å². The van der Waals surface area contributed by atoms with Crippen LogP contribution in [0.1, 0.15) is 90.4 Å². The van der Waals surface area contributed by atoms with Gasteiger partial charge >= 0.3 is 0 Å². The molecule has 0 unspecified atom stereocenters. The maximum absolute atomic E-state index is 12.2. The standard InChI is InChI=1S/C21H37FO2/c1-2-3-6-21(23)19-11-7-18(8-12-19)16-24-20-13-9-17(10-14-20)5-4-15-22/h17-20H,2-16H2,1H3/t17-,18-,19-,20-. The highest BCUT2D eigenvalue weighted by atomic mass is 19.1. The predicted molar refractivity (Wildman–Crippen MR) is 96.9 cm³/mol. The summed E-state index contributed by atoms with van der Waals surface area (Å²) in [7, 11) is 0. The Hall–Kier alpha value is -0.440. The minimum absolute atomic E-state index is 0.167. The maximum atomic E-state index is 12.2. The fourth-order valence-corrected chi connectivity index (χ4v) is 4.43. The Morgan fingerprint density at radius 2 is 1.62 bits per heavy atom. The normalized spacial score (nSPS) is 31.1. The van der Waals surface area contributed by atoms with E-state index in [0.29, 0.717) is 23.7 Å². The summed E-state index contributed by atoms with van der Waals surface area (Å²) in [6.45, 7) is 2.87. The lowest BCUT2D eigenvalue weighted by atomic mass is 9.79. The van der Waals surface area contributed by atoms with Crippen LogP contribution < -0.4 is 0 Å². The van der Waals surface area contributed by atoms with Crippen molar-refractivity contribution in [1.82, 2.24) is 0 Å². The number of hydrogen-bond acceptors (Lipinski definition) is 2. The number of hydrogen-bond donors (Lipinski definition) is 0. The van der Waals surface area contributed by atoms with Crippen LogP contribution in [0, 0.1) is 17.8 Å². The van der Waals surface area contributed by atoms with Gasteiger partial charge in [0.05, 0.1) is 12.8 Å². The van der Waals surface area contributed by atoms with Crippen LogP contribution in [0.5, 0.6) is 0 Å². The van der Waals surface area contributed by atoms with E-state index < -0.39 is 0 Å². The molecule has 0 atom stereocenters. The summed E-state index contributed by atoms with van der Waals surface area (Å²) in [5, 5.41) is 0. The molecule has 24 heavy (non-hydrogen) atoms. The fraction of sp³-hybridized carbons (Fsp3) is 0.952. The van der Waals surface area contributed by atoms with E-state index in [9.17, 15) is 9.18 Å². The first-order valence-corrected chi connectivity index (χ1v) is 10.4. The number of unbranched alkanes of at least 4 members (excludes halogenated alkanes) is 1. The fourth-order valence-electron chi connectivity index (χ4n) is 4.43. The monoisotopic (exact) mass is 340 g/mol. The Balaban J connectivity index is 1.56. The number of alkyl halides is 1. The summed E-state index contributed by atoms with van der Waals surface area (Å²) in [6.07, 6.45) is 14.4. The van der Waals surface area contributed by atoms with Crippen LogP contribution in [-0.2, 0) is 9.53 Å². The van der Waals surface area contributed by atoms with Crippen LogP contribution in [0.4, 0.5) is 4.39 Å². The third kappa shape index (κ3) is 6.82. The molecule has 2 aliphatic rings. The Morgan fingerprint density at radius 1 is 0.958 bits per heavy atom. The van der Waals surface area contributed by atoms with Crippen LogP contribution in [-0.4, -0.2) is 25.2 Å². The van der Waals surface area contributed by atoms with Gasteiger partial charge in [-0.1, -0.05) is 13.3 Å². The molecule has 140 valence electrons. The van der Waals surface area contributed by atoms with E-state index in [0.717, 1.165) is 83.2 Å². The SMILES string of the molecule is CCCCC(=O)[C@H]1CC[C@H](CO[C@H]2CC[C@H](CCCF)CC2)CC1. The Kier molecular flexibility index (Phi) is 9.30. The van der Waals surface area contributed by atoms with Gasteiger partial charge in [0, 0.05) is 18.9 Å². The van der Waals surface area contributed by atoms with E-state index in [4.69, 9.17) is 4.74 Å². The van der Waals surface area contributed by atoms with Crippen LogP contribution in [0.15, 0.2) is 0 Å². The van der Waals surface area contributed by atoms with E-state index in [-0.39, 0.29) is 6.67 Å². The molecule has 2 nitrogen and oxygen atoms in total. The topological polar surface area (TPSA) is 26.3 Å². The second kappa shape index (κ2) is 11.2. The molecular formula is C21H37FO2. The number of halogens is 1. The molecule has 0 radical (unpaired) electrons. The van der Waals surface area contributed by atoms with Crippen molar-refractivity contribution in [2.75, 3.05) is 13.3 Å². The van der Waals surface area contributed by atoms with Gasteiger partial charge in [0.15, 0.2) is 0 Å². The molecule has 0 aromatic heterocycles. The maximum Gasteiger partial charge on any atom is 0.135 e. The number of carbonyl (C=O) groups is 1. The van der Waals surface area contributed by atoms with Gasteiger partial charge in [0.2, 0.25) is 0 Å². The molecular weight excluding hydrogens is 303 g/mol. The van der Waals surface area contributed by atoms with Crippen molar-refractivity contribution in [2.24, 2.45) is 17.8 Å². The number of Topliss-reactive ketones (excluding diaryl/α,β-unsaturated/α-hetero) is 1. The summed E-state index contributed by atoms with van der Waals surface area (Å²) in [5.41, 5.74) is 0. The van der Waals surface area contributed by atoms with Crippen molar-refractivity contribution in [2.45, 2.75) is 96.5 Å². The molecule has 2 fully saturated rings. The minimum Gasteiger partial charge on any atom is -0.378 e. The van der Waals surface area contributed by atoms with Gasteiger partial charge in [-0.2, -0.15) is 0 Å². The largest absolute Gasteiger partial charge is 0.378 e. The molecule has 0 aliphatic heterocycles. The van der Waals surface area contributed by atoms with Gasteiger partial charge in [-0.25, -0.2) is 0 Å². The lowest BCUT2D eigenvalue weighted by molar-refractivity contribution is -0.124. The van der Waals surface area contributed by atoms with Gasteiger partial charge in [-0.15, -0.1) is 0 Å². The quantitative estimate of drug-likeness (QED) is 0.496. The average Bonchev–Trinajstić information content (AvgIpc) is 2.64. The first-order valence-electron chi connectivity index (χ1n) is 10.4. The number of ether oxygens (including phenoxy) is 1. The first kappa shape index (κ1) is 19.9. The molecule has 2 aliphatic carbocycles. The predicted octanol–water partition coefficient (Wildman–Crippen LogP) is 5.88. The summed E-state index contributed by atoms with van der Waals surface area (Å²) in [4.78, 5) is 12.1. The van der Waals surface area contributed by atoms with E-state index in [2.05, 4.69) is 6.92 Å². The zero-order valence-corrected chi connectivity index (χ0v) is 15.6. The molecule has 0 aromatic carbocycles. The molecule has 0 N–H and O–H groups in total. The minimum atomic E-state index is -0.167. The van der Waals surface area contributed by atoms with E-state index in [1.165, 1.54) is 12.8 Å². The molecule has 2 saturated carbocycles. The van der Waals surface area contributed by atoms with E-state index in [1.54, 1.807) is 0 Å². The molecule has 2 rings (SSSR count). The third-order valence-corrected chi connectivity index (χ3v) is 6.19. The van der Waals surface area contributed by atoms with E-state index >= 15 is 0 Å². The van der Waals surface area contributed by atoms with Crippen LogP contribution in [0.2, 0.25) is 0 Å². The molecule has 0 bridgehead atoms. The summed E-state index contributed by atoms with van der Waals surface area (Å²) in [6, 6.07) is 0. The zero-order chi connectivity index (χ0) is 17.2. The van der Waals surface area contributed by atoms with Gasteiger partial charge in [0.25, 0.3) is 0 Å². The van der Waals surface area contributed by atoms with Gasteiger partial charge in [0.1, 0.15) is 5.78 Å². The second-order valence-electron chi connectivity index (χ2n) is 8.09. The summed E-state index contributed by atoms with van der Waals surface area (Å²) < 4.78 is 18.4. The van der Waals surface area contributed by atoms with Gasteiger partial charge in [-0.3, -0.25) is 9.18 Å². The summed E-state index contributed by atoms with van der Waals surface area (Å²) >= 11 is 0. The third-order valence-electron chi connectivity index (χ3n) is 6.19. The molecule has 0 spiro atoms. The van der Waals surface area contributed by atoms with Crippen LogP contribution >= 0.6 is 0 Å². The van der Waals surface area contributed by atoms with Crippen molar-refractivity contribution >= 4 is 5.78 Å². The highest BCUT2D eigenvalue weighted by Crippen LogP contribution is 2.33. The van der Waals surface area contributed by atoms with Crippen LogP contribution in [0.25, 0.3) is 0 Å². The van der Waals surface area contributed by atoms with Crippen molar-refractivity contribution in [1.29, 1.82) is 0 Å². The lowest BCUT2D eigenvalue weighted by Gasteiger charge is -2.32. The molecule has 0 aromatic rings. The Labute approximate surface area is 147 Å². The molecule has 3 heteroatoms. The first-order chi connectivity index (χ1) is 11.7. The lowest BCUT2D eigenvalue weighted by Crippen LogP contribution is -2.27. The Morgan fingerprint density at radius 3 is 2.25 bits per heavy atom. The van der Waals surface area contributed by atoms with E-state index in [1.807, 2.05) is 0 Å². The summed E-state index contributed by atoms with van der Waals surface area (Å²) in [5.74, 6) is 2.22. The van der Waals surface area contributed by atoms with Gasteiger partial charge in [-0.05, 0) is 82.5 Å². The zero-order valence-electron chi connectivity index (χ0n) is 15.6. The number of carbonyl (C=O) groups excluding carboxylic acids is 1. The molecule has 0 heterocycles. The van der Waals surface area contributed by atoms with Crippen LogP contribution in [0.3, 0.4) is 0 Å². The highest BCUT2D eigenvalue weighted by molar-refractivity contribution is 5.80. The number of rotatable bonds is 10. The highest BCUT2D eigenvalue weighted by Gasteiger charge is 2.27. The Bertz CT molecular complexity index is 342. The van der Waals surface area contributed by atoms with Crippen molar-refractivity contribution in [3.05, 3.63) is 0 Å². The van der Waals surface area contributed by atoms with Crippen molar-refractivity contribution in [3.63, 3.8) is 0 Å².